The van der Waals surface area contributed by atoms with Crippen molar-refractivity contribution in [2.24, 2.45) is 5.41 Å². The molecule has 0 saturated carbocycles. The number of likely N-dealkylation sites (N-methyl/N-ethyl adjacent to an activating group) is 2. The monoisotopic (exact) mass is 1340 g/mol. The van der Waals surface area contributed by atoms with Crippen molar-refractivity contribution >= 4 is 101 Å². The summed E-state index contributed by atoms with van der Waals surface area (Å²) in [6.07, 6.45) is 5.49. The van der Waals surface area contributed by atoms with E-state index in [2.05, 4.69) is 31.9 Å². The van der Waals surface area contributed by atoms with Crippen molar-refractivity contribution in [1.82, 2.24) is 46.8 Å². The van der Waals surface area contributed by atoms with Crippen LogP contribution in [0.1, 0.15) is 112 Å². The molecule has 1 fully saturated rings. The van der Waals surface area contributed by atoms with Gasteiger partial charge in [0.25, 0.3) is 11.8 Å². The Labute approximate surface area is 548 Å². The fraction of sp³-hybridized carbons (Fsp3) is 0.629. The number of hydroxylamine groups is 2. The summed E-state index contributed by atoms with van der Waals surface area (Å²) in [4.78, 5) is 148. The van der Waals surface area contributed by atoms with Gasteiger partial charge in [-0.05, 0) is 126 Å². The van der Waals surface area contributed by atoms with E-state index in [4.69, 9.17) is 28.9 Å². The zero-order chi connectivity index (χ0) is 68.8. The Morgan fingerprint density at radius 2 is 1.29 bits per heavy atom. The Kier molecular flexibility index (Phi) is 34.9. The van der Waals surface area contributed by atoms with Crippen molar-refractivity contribution in [1.29, 1.82) is 0 Å². The maximum absolute atomic E-state index is 14.3. The number of hydrogen-bond acceptors (Lipinski definition) is 19. The summed E-state index contributed by atoms with van der Waals surface area (Å²) in [5.74, 6) is -3.54. The number of fused-ring (bicyclic) bond motifs is 4. The molecule has 2 aromatic carbocycles. The molecule has 0 radical (unpaired) electrons. The first kappa shape index (κ1) is 80.3. The summed E-state index contributed by atoms with van der Waals surface area (Å²) in [5, 5.41) is 25.4. The number of thioether (sulfide) groups is 3. The van der Waals surface area contributed by atoms with Crippen LogP contribution in [0.2, 0.25) is 0 Å². The van der Waals surface area contributed by atoms with E-state index < -0.39 is 113 Å². The molecule has 91 heavy (non-hydrogen) atoms. The van der Waals surface area contributed by atoms with E-state index in [1.807, 2.05) is 39.5 Å². The molecule has 0 spiro atoms. The lowest BCUT2D eigenvalue weighted by Gasteiger charge is -2.35. The third-order valence-electron chi connectivity index (χ3n) is 13.2. The molecule has 1 saturated heterocycles. The number of carboxylic acids is 1. The number of alkyl carbamates (subject to hydrolysis) is 2. The van der Waals surface area contributed by atoms with Gasteiger partial charge in [-0.2, -0.15) is 35.3 Å². The first-order valence-corrected chi connectivity index (χ1v) is 33.9. The van der Waals surface area contributed by atoms with E-state index >= 15 is 0 Å². The highest BCUT2D eigenvalue weighted by atomic mass is 32.2. The highest BCUT2D eigenvalue weighted by Gasteiger charge is 2.46. The summed E-state index contributed by atoms with van der Waals surface area (Å²) < 4.78 is 22.1. The van der Waals surface area contributed by atoms with Crippen LogP contribution in [0.15, 0.2) is 54.6 Å². The van der Waals surface area contributed by atoms with Gasteiger partial charge in [0.15, 0.2) is 0 Å². The molecule has 4 bridgehead atoms. The van der Waals surface area contributed by atoms with Gasteiger partial charge in [-0.3, -0.25) is 43.2 Å². The van der Waals surface area contributed by atoms with Crippen molar-refractivity contribution < 1.29 is 81.6 Å². The van der Waals surface area contributed by atoms with Crippen LogP contribution in [0, 0.1) is 5.41 Å². The number of rotatable bonds is 23. The van der Waals surface area contributed by atoms with Crippen molar-refractivity contribution in [3.05, 3.63) is 65.7 Å². The normalized spacial score (nSPS) is 17.3. The minimum Gasteiger partial charge on any atom is -0.493 e. The first-order valence-electron chi connectivity index (χ1n) is 29.7. The van der Waals surface area contributed by atoms with E-state index in [-0.39, 0.29) is 43.5 Å². The number of ether oxygens (including phenoxy) is 4. The highest BCUT2D eigenvalue weighted by molar-refractivity contribution is 7.99. The number of nitrogens with one attached hydrogen (secondary N) is 6. The molecule has 0 aliphatic carbocycles. The fourth-order valence-electron chi connectivity index (χ4n) is 8.64. The van der Waals surface area contributed by atoms with Gasteiger partial charge in [-0.15, -0.1) is 0 Å². The Balaban J connectivity index is 0.000000655. The first-order chi connectivity index (χ1) is 42.5. The van der Waals surface area contributed by atoms with Crippen LogP contribution in [0.25, 0.3) is 0 Å². The molecule has 2 aliphatic heterocycles. The molecule has 2 heterocycles. The maximum atomic E-state index is 14.3. The van der Waals surface area contributed by atoms with Crippen molar-refractivity contribution in [3.63, 3.8) is 0 Å². The zero-order valence-electron chi connectivity index (χ0n) is 55.5. The molecule has 7 atom stereocenters. The van der Waals surface area contributed by atoms with E-state index in [0.29, 0.717) is 60.9 Å². The summed E-state index contributed by atoms with van der Waals surface area (Å²) in [6.45, 7) is 16.1. The lowest BCUT2D eigenvalue weighted by atomic mass is 9.85. The van der Waals surface area contributed by atoms with Gasteiger partial charge in [0.2, 0.25) is 35.3 Å². The van der Waals surface area contributed by atoms with Crippen molar-refractivity contribution in [3.8, 4) is 5.75 Å². The molecule has 9 amide bonds. The SMILES string of the molecule is CON(C)C(=O)C(CCSC)NC(=O)OC(C)(C)C.CSCCC(NC(=O)OC(C)(C)C)C(=O)O.CSCCC(NC(=O)[C@@H]1C[C@@H]2CN1C(=O)[C@H](C(C)(C)C)NC(=O)Cc1cccc(c1)OCCCO2)C(=O)C(=O)NCC(=O)N[C@H](C(=O)N(C)C)c1ccccc1. The Morgan fingerprint density at radius 3 is 1.81 bits per heavy atom. The number of amides is 9. The predicted octanol–water partition coefficient (Wildman–Crippen LogP) is 4.77. The molecule has 4 rings (SSSR count). The van der Waals surface area contributed by atoms with Gasteiger partial charge in [0, 0.05) is 40.5 Å². The molecule has 0 aromatic heterocycles. The number of hydrogen-bond donors (Lipinski definition) is 7. The van der Waals surface area contributed by atoms with Crippen LogP contribution >= 0.6 is 35.3 Å². The van der Waals surface area contributed by atoms with Crippen LogP contribution in [-0.4, -0.2) is 223 Å². The molecule has 3 unspecified atom stereocenters. The second-order valence-corrected chi connectivity index (χ2v) is 27.4. The van der Waals surface area contributed by atoms with Crippen LogP contribution in [0.5, 0.6) is 5.75 Å². The molecule has 2 aliphatic rings. The van der Waals surface area contributed by atoms with E-state index in [1.54, 1.807) is 122 Å². The van der Waals surface area contributed by atoms with Crippen LogP contribution in [0.4, 0.5) is 9.59 Å². The molecule has 2 aromatic rings. The summed E-state index contributed by atoms with van der Waals surface area (Å²) in [5.41, 5.74) is -0.704. The van der Waals surface area contributed by atoms with Gasteiger partial charge in [0.1, 0.15) is 47.2 Å². The van der Waals surface area contributed by atoms with Crippen molar-refractivity contribution in [2.45, 2.75) is 154 Å². The third-order valence-corrected chi connectivity index (χ3v) is 15.2. The lowest BCUT2D eigenvalue weighted by Crippen LogP contribution is -2.59. The smallest absolute Gasteiger partial charge is 0.408 e. The second-order valence-electron chi connectivity index (χ2n) is 24.5. The number of carbonyl (C=O) groups excluding carboxylic acids is 10. The number of benzene rings is 2. The van der Waals surface area contributed by atoms with E-state index in [9.17, 15) is 52.7 Å². The fourth-order valence-corrected chi connectivity index (χ4v) is 10.1. The van der Waals surface area contributed by atoms with Gasteiger partial charge in [-0.25, -0.2) is 19.4 Å². The molecule has 7 N–H and O–H groups in total. The number of aliphatic carboxylic acids is 1. The Hall–Kier alpha value is -6.82. The number of ketones is 1. The topological polar surface area (TPSA) is 336 Å². The van der Waals surface area contributed by atoms with E-state index in [1.165, 1.54) is 47.5 Å². The van der Waals surface area contributed by atoms with Gasteiger partial charge in [-0.1, -0.05) is 63.2 Å². The predicted molar refractivity (Wildman–Crippen MR) is 350 cm³/mol. The largest absolute Gasteiger partial charge is 0.493 e. The molecular formula is C62H97N9O17S3. The van der Waals surface area contributed by atoms with Gasteiger partial charge in [0.05, 0.1) is 45.4 Å². The summed E-state index contributed by atoms with van der Waals surface area (Å²) in [6, 6.07) is 9.91. The van der Waals surface area contributed by atoms with Crippen LogP contribution in [0.3, 0.4) is 0 Å². The minimum absolute atomic E-state index is 0.0114. The lowest BCUT2D eigenvalue weighted by molar-refractivity contribution is -0.171. The summed E-state index contributed by atoms with van der Waals surface area (Å²) in [7, 11) is 6.01. The quantitative estimate of drug-likeness (QED) is 0.0582. The Bertz CT molecular complexity index is 2720. The summed E-state index contributed by atoms with van der Waals surface area (Å²) >= 11 is 4.55. The average Bonchev–Trinajstić information content (AvgIpc) is 1.81. The molecule has 29 heteroatoms. The van der Waals surface area contributed by atoms with Crippen LogP contribution < -0.4 is 36.6 Å². The second kappa shape index (κ2) is 39.5. The minimum atomic E-state index is -1.27. The molecular weight excluding hydrogens is 1240 g/mol. The highest BCUT2D eigenvalue weighted by Crippen LogP contribution is 2.29. The standard InChI is InChI=1S/C40H54N6O9S.C12H24N2O4S.C10H19NO4S/c1-40(2,3)35-39(53)46-24-28(55-18-11-17-54-27-15-10-12-25(20-27)21-31(47)44-35)22-30(46)36(50)42-29(16-19-56-6)34(49)37(51)41-23-32(48)43-33(38(52)45(4)5)26-13-8-7-9-14-26;1-12(2,3)18-11(16)13-9(7-8-19-6)10(15)14(4)17-5;1-10(2,3)15-9(14)11-7(8(12)13)5-6-16-4/h7-10,12-15,20,28-30,33,35H,11,16-19,21-24H2,1-6H3,(H,41,51)(H,42,50)(H,43,48)(H,44,47);9H,7-8H2,1-6H3,(H,13,16);7H,5-6H2,1-4H3,(H,11,14)(H,12,13)/t28-,29?,30+,33+,35-;;/m1../s1. The zero-order valence-corrected chi connectivity index (χ0v) is 57.9. The third kappa shape index (κ3) is 30.4. The van der Waals surface area contributed by atoms with Crippen molar-refractivity contribution in [2.75, 3.05) is 90.6 Å². The Morgan fingerprint density at radius 1 is 0.725 bits per heavy atom. The van der Waals surface area contributed by atoms with E-state index in [0.717, 1.165) is 10.8 Å². The van der Waals surface area contributed by atoms with Gasteiger partial charge >= 0.3 is 18.2 Å². The average molecular weight is 1340 g/mol. The van der Waals surface area contributed by atoms with Crippen LogP contribution in [-0.2, 0) is 68.6 Å². The van der Waals surface area contributed by atoms with Gasteiger partial charge < -0.3 is 65.8 Å². The molecule has 26 nitrogen and oxygen atoms in total. The number of carbonyl (C=O) groups is 11. The number of Topliss-reactive ketones (excluding diaryl/α,β-unsaturated/α-hetero) is 1. The molecule has 510 valence electrons. The maximum Gasteiger partial charge on any atom is 0.408 e. The number of carboxylic acid groups (broad SMARTS) is 1. The number of nitrogens with zero attached hydrogens (tertiary/aromatic N) is 3.